The molecule has 9 nitrogen and oxygen atoms in total. The van der Waals surface area contributed by atoms with Gasteiger partial charge < -0.3 is 9.15 Å². The molecule has 0 unspecified atom stereocenters. The van der Waals surface area contributed by atoms with E-state index >= 15 is 0 Å². The van der Waals surface area contributed by atoms with Crippen LogP contribution in [0.5, 0.6) is 5.88 Å². The summed E-state index contributed by atoms with van der Waals surface area (Å²) < 4.78 is 37.7. The Morgan fingerprint density at radius 2 is 2.06 bits per heavy atom. The second-order valence-corrected chi connectivity index (χ2v) is 6.90. The highest BCUT2D eigenvalue weighted by molar-refractivity contribution is 6.32. The van der Waals surface area contributed by atoms with Gasteiger partial charge in [0.2, 0.25) is 5.88 Å². The van der Waals surface area contributed by atoms with Crippen molar-refractivity contribution in [3.8, 4) is 17.5 Å². The van der Waals surface area contributed by atoms with E-state index in [4.69, 9.17) is 16.0 Å². The normalized spacial score (nSPS) is 11.6. The third kappa shape index (κ3) is 3.10. The number of halogens is 3. The number of nitrogens with zero attached hydrogens (tertiary/aromatic N) is 6. The van der Waals surface area contributed by atoms with Gasteiger partial charge in [0.15, 0.2) is 18.0 Å². The lowest BCUT2D eigenvalue weighted by Crippen LogP contribution is -2.10. The average Bonchev–Trinajstić information content (AvgIpc) is 3.32. The van der Waals surface area contributed by atoms with E-state index in [0.29, 0.717) is 16.4 Å². The maximum absolute atomic E-state index is 12.8. The molecule has 0 aliphatic heterocycles. The molecular weight excluding hydrogens is 434 g/mol. The van der Waals surface area contributed by atoms with Crippen LogP contribution in [0.2, 0.25) is 5.02 Å². The number of ether oxygens (including phenoxy) is 1. The number of aryl methyl sites for hydroxylation is 1. The number of rotatable bonds is 4. The van der Waals surface area contributed by atoms with E-state index in [1.807, 2.05) is 0 Å². The second kappa shape index (κ2) is 7.13. The fourth-order valence-electron chi connectivity index (χ4n) is 3.39. The maximum atomic E-state index is 12.8. The number of fused-ring (bicyclic) bond motifs is 3. The second-order valence-electron chi connectivity index (χ2n) is 6.49. The lowest BCUT2D eigenvalue weighted by Gasteiger charge is -2.09. The minimum atomic E-state index is -3.09. The zero-order valence-electron chi connectivity index (χ0n) is 15.7. The van der Waals surface area contributed by atoms with Crippen molar-refractivity contribution in [2.75, 3.05) is 0 Å². The zero-order valence-corrected chi connectivity index (χ0v) is 16.4. The van der Waals surface area contributed by atoms with Gasteiger partial charge in [0.25, 0.3) is 0 Å². The summed E-state index contributed by atoms with van der Waals surface area (Å²) in [6.07, 6.45) is 4.06. The fraction of sp³-hybridized carbons (Fsp3) is 0.105. The third-order valence-corrected chi connectivity index (χ3v) is 4.89. The Morgan fingerprint density at radius 1 is 1.23 bits per heavy atom. The number of pyridine rings is 1. The van der Waals surface area contributed by atoms with Crippen LogP contribution in [0.4, 0.5) is 8.78 Å². The Morgan fingerprint density at radius 3 is 2.84 bits per heavy atom. The van der Waals surface area contributed by atoms with Crippen molar-refractivity contribution in [3.05, 3.63) is 64.1 Å². The monoisotopic (exact) mass is 444 g/mol. The van der Waals surface area contributed by atoms with Gasteiger partial charge in [-0.3, -0.25) is 0 Å². The van der Waals surface area contributed by atoms with Crippen LogP contribution >= 0.6 is 11.6 Å². The summed E-state index contributed by atoms with van der Waals surface area (Å²) in [6, 6.07) is 6.23. The molecule has 5 aromatic rings. The Hall–Kier alpha value is -3.86. The molecule has 31 heavy (non-hydrogen) atoms. The predicted octanol–water partition coefficient (Wildman–Crippen LogP) is 3.67. The molecule has 0 amide bonds. The quantitative estimate of drug-likeness (QED) is 0.417. The molecule has 0 aliphatic carbocycles. The van der Waals surface area contributed by atoms with Crippen molar-refractivity contribution in [3.63, 3.8) is 0 Å². The minimum absolute atomic E-state index is 0.161. The first-order valence-electron chi connectivity index (χ1n) is 8.85. The smallest absolute Gasteiger partial charge is 0.388 e. The lowest BCUT2D eigenvalue weighted by atomic mass is 10.1. The maximum Gasteiger partial charge on any atom is 0.388 e. The van der Waals surface area contributed by atoms with Crippen LogP contribution in [0.25, 0.3) is 33.4 Å². The van der Waals surface area contributed by atoms with Gasteiger partial charge in [-0.05, 0) is 30.7 Å². The molecule has 0 saturated carbocycles. The first-order chi connectivity index (χ1) is 14.9. The third-order valence-electron chi connectivity index (χ3n) is 4.60. The molecule has 1 aromatic carbocycles. The van der Waals surface area contributed by atoms with Gasteiger partial charge in [-0.25, -0.2) is 19.4 Å². The van der Waals surface area contributed by atoms with Crippen LogP contribution in [-0.4, -0.2) is 36.1 Å². The van der Waals surface area contributed by atoms with Gasteiger partial charge >= 0.3 is 12.2 Å². The van der Waals surface area contributed by atoms with E-state index in [2.05, 4.69) is 24.9 Å². The van der Waals surface area contributed by atoms with Gasteiger partial charge in [0.05, 0.1) is 22.3 Å². The molecule has 4 heterocycles. The number of hydrogen-bond acceptors (Lipinski definition) is 7. The summed E-state index contributed by atoms with van der Waals surface area (Å²) in [5.74, 6) is -0.0508. The summed E-state index contributed by atoms with van der Waals surface area (Å²) in [4.78, 5) is 20.9. The van der Waals surface area contributed by atoms with Gasteiger partial charge in [-0.2, -0.15) is 18.6 Å². The summed E-state index contributed by atoms with van der Waals surface area (Å²) in [5, 5.41) is 9.41. The standard InChI is InChI=1S/C19H11ClF2N6O3/c1-9-5-10-7-25-27(16(10)14-15(9)24-8-30-18(14)29)13-6-12(31-19(21)22)26-28(13)17-11(20)3-2-4-23-17/h2-8,19H,1H3. The molecule has 4 aromatic heterocycles. The summed E-state index contributed by atoms with van der Waals surface area (Å²) in [7, 11) is 0. The Bertz CT molecular complexity index is 1510. The van der Waals surface area contributed by atoms with Gasteiger partial charge in [0, 0.05) is 17.6 Å². The minimum Gasteiger partial charge on any atom is -0.415 e. The first-order valence-corrected chi connectivity index (χ1v) is 9.23. The van der Waals surface area contributed by atoms with Crippen LogP contribution in [0.15, 0.2) is 52.3 Å². The number of alkyl halides is 2. The van der Waals surface area contributed by atoms with Crippen LogP contribution < -0.4 is 10.4 Å². The predicted molar refractivity (Wildman–Crippen MR) is 106 cm³/mol. The molecular formula is C19H11ClF2N6O3. The molecule has 0 atom stereocenters. The topological polar surface area (TPSA) is 101 Å². The first kappa shape index (κ1) is 19.1. The SMILES string of the molecule is Cc1cc2cnn(-c3cc(OC(F)F)nn3-c3ncccc3Cl)c2c2c(=O)ocnc12. The van der Waals surface area contributed by atoms with E-state index in [-0.39, 0.29) is 27.9 Å². The molecule has 0 bridgehead atoms. The lowest BCUT2D eigenvalue weighted by molar-refractivity contribution is -0.0530. The molecule has 0 fully saturated rings. The van der Waals surface area contributed by atoms with E-state index in [9.17, 15) is 13.6 Å². The Labute approximate surface area is 176 Å². The van der Waals surface area contributed by atoms with E-state index < -0.39 is 12.2 Å². The number of hydrogen-bond donors (Lipinski definition) is 0. The van der Waals surface area contributed by atoms with Crippen LogP contribution in [0.3, 0.4) is 0 Å². The van der Waals surface area contributed by atoms with Crippen LogP contribution in [-0.2, 0) is 0 Å². The Kier molecular flexibility index (Phi) is 4.40. The van der Waals surface area contributed by atoms with Crippen molar-refractivity contribution in [2.45, 2.75) is 13.5 Å². The highest BCUT2D eigenvalue weighted by Gasteiger charge is 2.22. The number of aromatic nitrogens is 6. The van der Waals surface area contributed by atoms with Crippen LogP contribution in [0.1, 0.15) is 5.56 Å². The van der Waals surface area contributed by atoms with Gasteiger partial charge in [0.1, 0.15) is 5.39 Å². The summed E-state index contributed by atoms with van der Waals surface area (Å²) in [6.45, 7) is -1.29. The highest BCUT2D eigenvalue weighted by Crippen LogP contribution is 2.30. The van der Waals surface area contributed by atoms with Crippen molar-refractivity contribution in [1.82, 2.24) is 29.5 Å². The van der Waals surface area contributed by atoms with Gasteiger partial charge in [-0.1, -0.05) is 11.6 Å². The average molecular weight is 445 g/mol. The van der Waals surface area contributed by atoms with Crippen molar-refractivity contribution in [1.29, 1.82) is 0 Å². The van der Waals surface area contributed by atoms with E-state index in [1.54, 1.807) is 25.1 Å². The molecule has 12 heteroatoms. The largest absolute Gasteiger partial charge is 0.415 e. The number of benzene rings is 1. The molecule has 0 saturated heterocycles. The molecule has 0 spiro atoms. The molecule has 0 aliphatic rings. The molecule has 5 rings (SSSR count). The van der Waals surface area contributed by atoms with E-state index in [1.165, 1.54) is 27.8 Å². The van der Waals surface area contributed by atoms with Crippen molar-refractivity contribution in [2.24, 2.45) is 0 Å². The van der Waals surface area contributed by atoms with Crippen molar-refractivity contribution < 1.29 is 17.9 Å². The van der Waals surface area contributed by atoms with E-state index in [0.717, 1.165) is 12.0 Å². The molecule has 0 radical (unpaired) electrons. The Balaban J connectivity index is 1.86. The fourth-order valence-corrected chi connectivity index (χ4v) is 3.59. The van der Waals surface area contributed by atoms with Crippen LogP contribution in [0, 0.1) is 6.92 Å². The van der Waals surface area contributed by atoms with Crippen molar-refractivity contribution >= 4 is 33.4 Å². The summed E-state index contributed by atoms with van der Waals surface area (Å²) >= 11 is 6.25. The van der Waals surface area contributed by atoms with Gasteiger partial charge in [-0.15, -0.1) is 5.10 Å². The highest BCUT2D eigenvalue weighted by atomic mass is 35.5. The zero-order chi connectivity index (χ0) is 21.7. The molecule has 156 valence electrons. The summed E-state index contributed by atoms with van der Waals surface area (Å²) in [5.41, 5.74) is 0.917. The molecule has 0 N–H and O–H groups in total.